The van der Waals surface area contributed by atoms with Gasteiger partial charge in [0.05, 0.1) is 6.61 Å². The molecular formula is C20H30N2O3. The zero-order valence-corrected chi connectivity index (χ0v) is 15.0. The van der Waals surface area contributed by atoms with Crippen LogP contribution in [0.4, 0.5) is 0 Å². The van der Waals surface area contributed by atoms with Crippen molar-refractivity contribution >= 4 is 5.91 Å². The summed E-state index contributed by atoms with van der Waals surface area (Å²) >= 11 is 0. The van der Waals surface area contributed by atoms with E-state index < -0.39 is 0 Å². The number of likely N-dealkylation sites (tertiary alicyclic amines) is 2. The Balaban J connectivity index is 1.47. The number of amides is 1. The quantitative estimate of drug-likeness (QED) is 0.817. The number of carbonyl (C=O) groups is 1. The molecule has 0 spiro atoms. The van der Waals surface area contributed by atoms with Crippen LogP contribution in [0.3, 0.4) is 0 Å². The summed E-state index contributed by atoms with van der Waals surface area (Å²) in [4.78, 5) is 16.9. The molecule has 138 valence electrons. The summed E-state index contributed by atoms with van der Waals surface area (Å²) in [6.45, 7) is 5.57. The van der Waals surface area contributed by atoms with Crippen molar-refractivity contribution < 1.29 is 14.6 Å². The zero-order chi connectivity index (χ0) is 17.5. The van der Waals surface area contributed by atoms with Crippen LogP contribution in [0.2, 0.25) is 0 Å². The minimum Gasteiger partial charge on any atom is -0.396 e. The van der Waals surface area contributed by atoms with Crippen molar-refractivity contribution in [1.29, 1.82) is 0 Å². The van der Waals surface area contributed by atoms with E-state index in [0.717, 1.165) is 25.1 Å². The van der Waals surface area contributed by atoms with Crippen LogP contribution in [0.1, 0.15) is 24.8 Å². The van der Waals surface area contributed by atoms with E-state index in [9.17, 15) is 9.90 Å². The number of piperidine rings is 1. The van der Waals surface area contributed by atoms with E-state index in [0.29, 0.717) is 19.1 Å². The Morgan fingerprint density at radius 2 is 1.84 bits per heavy atom. The maximum absolute atomic E-state index is 12.5. The van der Waals surface area contributed by atoms with Crippen LogP contribution in [0, 0.1) is 11.8 Å². The molecule has 1 N–H and O–H groups in total. The highest BCUT2D eigenvalue weighted by Gasteiger charge is 2.31. The van der Waals surface area contributed by atoms with Crippen LogP contribution in [0.5, 0.6) is 0 Å². The van der Waals surface area contributed by atoms with Crippen molar-refractivity contribution in [3.63, 3.8) is 0 Å². The molecule has 5 heteroatoms. The molecule has 1 aromatic carbocycles. The number of rotatable bonds is 7. The SMILES string of the molecule is O=C(COCc1ccccc1)N1C[C@H](CO)C[C@H](CN2CCCC2)C1. The smallest absolute Gasteiger partial charge is 0.248 e. The Labute approximate surface area is 150 Å². The molecule has 1 amide bonds. The second-order valence-electron chi connectivity index (χ2n) is 7.44. The lowest BCUT2D eigenvalue weighted by Crippen LogP contribution is -2.48. The first-order valence-corrected chi connectivity index (χ1v) is 9.47. The normalized spacial score (nSPS) is 24.6. The monoisotopic (exact) mass is 346 g/mol. The van der Waals surface area contributed by atoms with Gasteiger partial charge in [0.1, 0.15) is 6.61 Å². The Morgan fingerprint density at radius 1 is 1.12 bits per heavy atom. The van der Waals surface area contributed by atoms with Gasteiger partial charge in [0.2, 0.25) is 5.91 Å². The molecule has 25 heavy (non-hydrogen) atoms. The molecule has 2 fully saturated rings. The summed E-state index contributed by atoms with van der Waals surface area (Å²) in [7, 11) is 0. The highest BCUT2D eigenvalue weighted by Crippen LogP contribution is 2.24. The molecule has 2 atom stereocenters. The van der Waals surface area contributed by atoms with Gasteiger partial charge in [-0.1, -0.05) is 30.3 Å². The average molecular weight is 346 g/mol. The zero-order valence-electron chi connectivity index (χ0n) is 15.0. The molecule has 0 unspecified atom stereocenters. The van der Waals surface area contributed by atoms with E-state index in [-0.39, 0.29) is 25.0 Å². The van der Waals surface area contributed by atoms with Gasteiger partial charge in [-0.05, 0) is 49.8 Å². The summed E-state index contributed by atoms with van der Waals surface area (Å²) in [6.07, 6.45) is 3.58. The number of ether oxygens (including phenoxy) is 1. The molecule has 0 saturated carbocycles. The van der Waals surface area contributed by atoms with E-state index in [2.05, 4.69) is 4.90 Å². The number of aliphatic hydroxyl groups is 1. The third-order valence-electron chi connectivity index (χ3n) is 5.29. The van der Waals surface area contributed by atoms with Crippen molar-refractivity contribution in [3.8, 4) is 0 Å². The van der Waals surface area contributed by atoms with Gasteiger partial charge in [-0.25, -0.2) is 0 Å². The van der Waals surface area contributed by atoms with Crippen molar-refractivity contribution in [1.82, 2.24) is 9.80 Å². The lowest BCUT2D eigenvalue weighted by Gasteiger charge is -2.38. The van der Waals surface area contributed by atoms with Crippen molar-refractivity contribution in [3.05, 3.63) is 35.9 Å². The first kappa shape index (κ1) is 18.4. The summed E-state index contributed by atoms with van der Waals surface area (Å²) in [5.41, 5.74) is 1.08. The van der Waals surface area contributed by atoms with E-state index in [4.69, 9.17) is 4.74 Å². The lowest BCUT2D eigenvalue weighted by molar-refractivity contribution is -0.140. The Hall–Kier alpha value is -1.43. The van der Waals surface area contributed by atoms with Crippen molar-refractivity contribution in [2.45, 2.75) is 25.9 Å². The molecular weight excluding hydrogens is 316 g/mol. The van der Waals surface area contributed by atoms with Crippen LogP contribution >= 0.6 is 0 Å². The molecule has 0 aliphatic carbocycles. The van der Waals surface area contributed by atoms with Crippen LogP contribution in [0.25, 0.3) is 0 Å². The molecule has 3 rings (SSSR count). The molecule has 0 aromatic heterocycles. The third-order valence-corrected chi connectivity index (χ3v) is 5.29. The van der Waals surface area contributed by atoms with Gasteiger partial charge in [0.15, 0.2) is 0 Å². The van der Waals surface area contributed by atoms with E-state index >= 15 is 0 Å². The van der Waals surface area contributed by atoms with Crippen molar-refractivity contribution in [2.24, 2.45) is 11.8 Å². The standard InChI is InChI=1S/C20H30N2O3/c23-14-19-10-18(11-21-8-4-5-9-21)12-22(13-19)20(24)16-25-15-17-6-2-1-3-7-17/h1-3,6-7,18-19,23H,4-5,8-16H2/t18-,19-/m1/s1. The van der Waals surface area contributed by atoms with Crippen molar-refractivity contribution in [2.75, 3.05) is 45.9 Å². The Morgan fingerprint density at radius 3 is 2.56 bits per heavy atom. The van der Waals surface area contributed by atoms with E-state index in [1.807, 2.05) is 35.2 Å². The van der Waals surface area contributed by atoms with Gasteiger partial charge >= 0.3 is 0 Å². The van der Waals surface area contributed by atoms with E-state index in [1.165, 1.54) is 25.9 Å². The first-order valence-electron chi connectivity index (χ1n) is 9.47. The minimum atomic E-state index is 0.0421. The fourth-order valence-electron chi connectivity index (χ4n) is 4.04. The maximum Gasteiger partial charge on any atom is 0.248 e. The predicted octanol–water partition coefficient (Wildman–Crippen LogP) is 1.76. The molecule has 2 aliphatic heterocycles. The molecule has 5 nitrogen and oxygen atoms in total. The lowest BCUT2D eigenvalue weighted by atomic mass is 9.89. The molecule has 2 saturated heterocycles. The summed E-state index contributed by atoms with van der Waals surface area (Å²) < 4.78 is 5.61. The van der Waals surface area contributed by atoms with Crippen LogP contribution in [-0.4, -0.2) is 66.8 Å². The number of hydrogen-bond acceptors (Lipinski definition) is 4. The summed E-state index contributed by atoms with van der Waals surface area (Å²) in [5.74, 6) is 0.696. The van der Waals surface area contributed by atoms with Gasteiger partial charge < -0.3 is 19.6 Å². The topological polar surface area (TPSA) is 53.0 Å². The predicted molar refractivity (Wildman–Crippen MR) is 97.0 cm³/mol. The fourth-order valence-corrected chi connectivity index (χ4v) is 4.04. The second kappa shape index (κ2) is 9.32. The number of benzene rings is 1. The highest BCUT2D eigenvalue weighted by atomic mass is 16.5. The summed E-state index contributed by atoms with van der Waals surface area (Å²) in [5, 5.41) is 9.61. The number of aliphatic hydroxyl groups excluding tert-OH is 1. The Bertz CT molecular complexity index is 531. The second-order valence-corrected chi connectivity index (χ2v) is 7.44. The largest absolute Gasteiger partial charge is 0.396 e. The van der Waals surface area contributed by atoms with Crippen LogP contribution < -0.4 is 0 Å². The van der Waals surface area contributed by atoms with Gasteiger partial charge in [-0.15, -0.1) is 0 Å². The maximum atomic E-state index is 12.5. The van der Waals surface area contributed by atoms with Gasteiger partial charge in [0, 0.05) is 26.2 Å². The number of hydrogen-bond donors (Lipinski definition) is 1. The number of carbonyl (C=O) groups excluding carboxylic acids is 1. The highest BCUT2D eigenvalue weighted by molar-refractivity contribution is 5.77. The van der Waals surface area contributed by atoms with Gasteiger partial charge in [0.25, 0.3) is 0 Å². The van der Waals surface area contributed by atoms with Gasteiger partial charge in [-0.2, -0.15) is 0 Å². The number of nitrogens with zero attached hydrogens (tertiary/aromatic N) is 2. The first-order chi connectivity index (χ1) is 12.2. The Kier molecular flexibility index (Phi) is 6.84. The molecule has 0 radical (unpaired) electrons. The molecule has 0 bridgehead atoms. The molecule has 2 aliphatic rings. The molecule has 1 aromatic rings. The van der Waals surface area contributed by atoms with Crippen LogP contribution in [0.15, 0.2) is 30.3 Å². The van der Waals surface area contributed by atoms with Crippen LogP contribution in [-0.2, 0) is 16.1 Å². The van der Waals surface area contributed by atoms with E-state index in [1.54, 1.807) is 0 Å². The van der Waals surface area contributed by atoms with Gasteiger partial charge in [-0.3, -0.25) is 4.79 Å². The fraction of sp³-hybridized carbons (Fsp3) is 0.650. The third kappa shape index (κ3) is 5.53. The average Bonchev–Trinajstić information content (AvgIpc) is 3.15. The minimum absolute atomic E-state index is 0.0421. The summed E-state index contributed by atoms with van der Waals surface area (Å²) in [6, 6.07) is 9.91. The molecule has 2 heterocycles.